The number of benzene rings is 1. The van der Waals surface area contributed by atoms with E-state index >= 15 is 0 Å². The zero-order valence-electron chi connectivity index (χ0n) is 9.85. The van der Waals surface area contributed by atoms with Crippen molar-refractivity contribution < 1.29 is 4.74 Å². The third-order valence-electron chi connectivity index (χ3n) is 3.02. The fourth-order valence-electron chi connectivity index (χ4n) is 2.21. The predicted molar refractivity (Wildman–Crippen MR) is 67.4 cm³/mol. The summed E-state index contributed by atoms with van der Waals surface area (Å²) in [4.78, 5) is 0. The number of aryl methyl sites for hydroxylation is 2. The van der Waals surface area contributed by atoms with Crippen LogP contribution < -0.4 is 10.1 Å². The quantitative estimate of drug-likeness (QED) is 0.875. The normalized spacial score (nSPS) is 20.1. The summed E-state index contributed by atoms with van der Waals surface area (Å²) < 4.78 is 5.89. The van der Waals surface area contributed by atoms with Gasteiger partial charge in [-0.3, -0.25) is 0 Å². The number of halogens is 1. The molecule has 0 bridgehead atoms. The minimum atomic E-state index is 0.509. The Bertz CT molecular complexity index is 349. The Balaban J connectivity index is 2.03. The van der Waals surface area contributed by atoms with Gasteiger partial charge in [0.1, 0.15) is 12.4 Å². The SMILES string of the molecule is Cc1cc(Cl)cc(C)c1OCC1CCCN1. The predicted octanol–water partition coefficient (Wildman–Crippen LogP) is 3.09. The van der Waals surface area contributed by atoms with E-state index in [1.54, 1.807) is 0 Å². The molecule has 2 nitrogen and oxygen atoms in total. The standard InChI is InChI=1S/C13H18ClNO/c1-9-6-11(14)7-10(2)13(9)16-8-12-4-3-5-15-12/h6-7,12,15H,3-5,8H2,1-2H3. The fraction of sp³-hybridized carbons (Fsp3) is 0.538. The van der Waals surface area contributed by atoms with Gasteiger partial charge in [0.2, 0.25) is 0 Å². The number of hydrogen-bond acceptors (Lipinski definition) is 2. The van der Waals surface area contributed by atoms with Crippen LogP contribution in [0.15, 0.2) is 12.1 Å². The van der Waals surface area contributed by atoms with Gasteiger partial charge in [-0.15, -0.1) is 0 Å². The van der Waals surface area contributed by atoms with Crippen LogP contribution in [-0.2, 0) is 0 Å². The highest BCUT2D eigenvalue weighted by molar-refractivity contribution is 6.30. The average molecular weight is 240 g/mol. The molecule has 2 rings (SSSR count). The molecule has 1 aliphatic rings. The second kappa shape index (κ2) is 5.07. The van der Waals surface area contributed by atoms with Crippen LogP contribution in [0.2, 0.25) is 5.02 Å². The highest BCUT2D eigenvalue weighted by atomic mass is 35.5. The Morgan fingerprint density at radius 2 is 2.06 bits per heavy atom. The van der Waals surface area contributed by atoms with E-state index in [4.69, 9.17) is 16.3 Å². The molecule has 88 valence electrons. The third-order valence-corrected chi connectivity index (χ3v) is 3.23. The van der Waals surface area contributed by atoms with Crippen molar-refractivity contribution in [3.8, 4) is 5.75 Å². The number of hydrogen-bond donors (Lipinski definition) is 1. The summed E-state index contributed by atoms with van der Waals surface area (Å²) in [5.74, 6) is 0.984. The molecule has 1 aromatic rings. The van der Waals surface area contributed by atoms with E-state index in [0.29, 0.717) is 6.04 Å². The molecular formula is C13H18ClNO. The van der Waals surface area contributed by atoms with Crippen LogP contribution in [0.1, 0.15) is 24.0 Å². The van der Waals surface area contributed by atoms with Gasteiger partial charge < -0.3 is 10.1 Å². The molecule has 1 aliphatic heterocycles. The molecule has 0 radical (unpaired) electrons. The minimum Gasteiger partial charge on any atom is -0.491 e. The summed E-state index contributed by atoms with van der Waals surface area (Å²) in [6.45, 7) is 5.95. The molecular weight excluding hydrogens is 222 g/mol. The highest BCUT2D eigenvalue weighted by Gasteiger charge is 2.15. The molecule has 0 saturated carbocycles. The van der Waals surface area contributed by atoms with Crippen LogP contribution in [0.3, 0.4) is 0 Å². The van der Waals surface area contributed by atoms with E-state index < -0.39 is 0 Å². The van der Waals surface area contributed by atoms with Crippen LogP contribution in [0.4, 0.5) is 0 Å². The van der Waals surface area contributed by atoms with E-state index in [1.807, 2.05) is 26.0 Å². The van der Waals surface area contributed by atoms with Crippen LogP contribution >= 0.6 is 11.6 Å². The van der Waals surface area contributed by atoms with Crippen molar-refractivity contribution in [3.63, 3.8) is 0 Å². The van der Waals surface area contributed by atoms with Gasteiger partial charge in [0.05, 0.1) is 0 Å². The van der Waals surface area contributed by atoms with Gasteiger partial charge >= 0.3 is 0 Å². The second-order valence-electron chi connectivity index (χ2n) is 4.47. The molecule has 3 heteroatoms. The lowest BCUT2D eigenvalue weighted by atomic mass is 10.1. The largest absolute Gasteiger partial charge is 0.491 e. The van der Waals surface area contributed by atoms with Crippen molar-refractivity contribution in [1.29, 1.82) is 0 Å². The highest BCUT2D eigenvalue weighted by Crippen LogP contribution is 2.27. The first-order chi connectivity index (χ1) is 7.66. The summed E-state index contributed by atoms with van der Waals surface area (Å²) in [7, 11) is 0. The minimum absolute atomic E-state index is 0.509. The summed E-state index contributed by atoms with van der Waals surface area (Å²) in [5.41, 5.74) is 2.23. The van der Waals surface area contributed by atoms with Crippen molar-refractivity contribution in [3.05, 3.63) is 28.3 Å². The first-order valence-corrected chi connectivity index (χ1v) is 6.17. The summed E-state index contributed by atoms with van der Waals surface area (Å²) in [6, 6.07) is 4.41. The van der Waals surface area contributed by atoms with Crippen LogP contribution in [0.25, 0.3) is 0 Å². The lowest BCUT2D eigenvalue weighted by Gasteiger charge is -2.16. The van der Waals surface area contributed by atoms with E-state index in [9.17, 15) is 0 Å². The van der Waals surface area contributed by atoms with E-state index in [-0.39, 0.29) is 0 Å². The van der Waals surface area contributed by atoms with Gasteiger partial charge in [-0.05, 0) is 56.5 Å². The van der Waals surface area contributed by atoms with Gasteiger partial charge in [0.25, 0.3) is 0 Å². The van der Waals surface area contributed by atoms with Crippen LogP contribution in [0.5, 0.6) is 5.75 Å². The zero-order valence-corrected chi connectivity index (χ0v) is 10.6. The molecule has 1 heterocycles. The molecule has 1 N–H and O–H groups in total. The Morgan fingerprint density at radius 3 is 2.62 bits per heavy atom. The van der Waals surface area contributed by atoms with Crippen molar-refractivity contribution in [2.24, 2.45) is 0 Å². The van der Waals surface area contributed by atoms with Crippen molar-refractivity contribution in [2.45, 2.75) is 32.7 Å². The molecule has 0 spiro atoms. The van der Waals surface area contributed by atoms with E-state index in [2.05, 4.69) is 5.32 Å². The zero-order chi connectivity index (χ0) is 11.5. The lowest BCUT2D eigenvalue weighted by molar-refractivity contribution is 0.274. The molecule has 0 aliphatic carbocycles. The number of nitrogens with one attached hydrogen (secondary N) is 1. The first-order valence-electron chi connectivity index (χ1n) is 5.80. The smallest absolute Gasteiger partial charge is 0.125 e. The molecule has 1 saturated heterocycles. The first kappa shape index (κ1) is 11.7. The van der Waals surface area contributed by atoms with Crippen molar-refractivity contribution in [1.82, 2.24) is 5.32 Å². The monoisotopic (exact) mass is 239 g/mol. The third kappa shape index (κ3) is 2.69. The molecule has 1 atom stereocenters. The van der Waals surface area contributed by atoms with Gasteiger partial charge in [-0.1, -0.05) is 11.6 Å². The fourth-order valence-corrected chi connectivity index (χ4v) is 2.54. The van der Waals surface area contributed by atoms with E-state index in [1.165, 1.54) is 12.8 Å². The van der Waals surface area contributed by atoms with Crippen LogP contribution in [0, 0.1) is 13.8 Å². The maximum absolute atomic E-state index is 5.98. The topological polar surface area (TPSA) is 21.3 Å². The van der Waals surface area contributed by atoms with Gasteiger partial charge in [0, 0.05) is 11.1 Å². The summed E-state index contributed by atoms with van der Waals surface area (Å²) in [6.07, 6.45) is 2.47. The van der Waals surface area contributed by atoms with Gasteiger partial charge in [0.15, 0.2) is 0 Å². The molecule has 0 aromatic heterocycles. The van der Waals surface area contributed by atoms with Crippen LogP contribution in [-0.4, -0.2) is 19.2 Å². The number of ether oxygens (including phenoxy) is 1. The maximum Gasteiger partial charge on any atom is 0.125 e. The van der Waals surface area contributed by atoms with Crippen molar-refractivity contribution >= 4 is 11.6 Å². The molecule has 1 aromatic carbocycles. The molecule has 1 unspecified atom stereocenters. The van der Waals surface area contributed by atoms with Gasteiger partial charge in [-0.25, -0.2) is 0 Å². The van der Waals surface area contributed by atoms with Gasteiger partial charge in [-0.2, -0.15) is 0 Å². The summed E-state index contributed by atoms with van der Waals surface area (Å²) >= 11 is 5.98. The molecule has 1 fully saturated rings. The molecule has 16 heavy (non-hydrogen) atoms. The summed E-state index contributed by atoms with van der Waals surface area (Å²) in [5, 5.41) is 4.21. The number of rotatable bonds is 3. The Hall–Kier alpha value is -0.730. The lowest BCUT2D eigenvalue weighted by Crippen LogP contribution is -2.28. The Labute approximate surface area is 102 Å². The van der Waals surface area contributed by atoms with E-state index in [0.717, 1.165) is 35.1 Å². The Kier molecular flexibility index (Phi) is 3.72. The maximum atomic E-state index is 5.98. The molecule has 0 amide bonds. The Morgan fingerprint density at radius 1 is 1.38 bits per heavy atom. The van der Waals surface area contributed by atoms with Crippen molar-refractivity contribution in [2.75, 3.05) is 13.2 Å². The average Bonchev–Trinajstić information content (AvgIpc) is 2.68. The second-order valence-corrected chi connectivity index (χ2v) is 4.91.